The monoisotopic (exact) mass is 329 g/mol. The quantitative estimate of drug-likeness (QED) is 0.813. The SMILES string of the molecule is CC(C)(C)NCC(C)(Cc1sccc1Br)C1CC1. The molecule has 2 rings (SSSR count). The van der Waals surface area contributed by atoms with Crippen molar-refractivity contribution in [1.82, 2.24) is 5.32 Å². The summed E-state index contributed by atoms with van der Waals surface area (Å²) in [5.41, 5.74) is 0.615. The van der Waals surface area contributed by atoms with Gasteiger partial charge in [0, 0.05) is 21.4 Å². The fourth-order valence-electron chi connectivity index (χ4n) is 2.42. The van der Waals surface area contributed by atoms with Crippen LogP contribution in [0.1, 0.15) is 45.4 Å². The highest BCUT2D eigenvalue weighted by Gasteiger charge is 2.42. The van der Waals surface area contributed by atoms with Crippen LogP contribution in [0.25, 0.3) is 0 Å². The number of halogens is 1. The summed E-state index contributed by atoms with van der Waals surface area (Å²) in [7, 11) is 0. The Labute approximate surface area is 123 Å². The highest BCUT2D eigenvalue weighted by Crippen LogP contribution is 2.48. The van der Waals surface area contributed by atoms with E-state index < -0.39 is 0 Å². The average Bonchev–Trinajstić information content (AvgIpc) is 3.03. The summed E-state index contributed by atoms with van der Waals surface area (Å²) >= 11 is 5.55. The minimum Gasteiger partial charge on any atom is -0.312 e. The fourth-order valence-corrected chi connectivity index (χ4v) is 4.11. The summed E-state index contributed by atoms with van der Waals surface area (Å²) < 4.78 is 1.29. The number of rotatable bonds is 5. The van der Waals surface area contributed by atoms with Gasteiger partial charge in [0.25, 0.3) is 0 Å². The molecule has 3 heteroatoms. The fraction of sp³-hybridized carbons (Fsp3) is 0.733. The standard InChI is InChI=1S/C15H24BrNS/c1-14(2,3)17-10-15(4,11-5-6-11)9-13-12(16)7-8-18-13/h7-8,11,17H,5-6,9-10H2,1-4H3. The summed E-state index contributed by atoms with van der Waals surface area (Å²) in [5.74, 6) is 0.904. The molecule has 0 aliphatic heterocycles. The van der Waals surface area contributed by atoms with Crippen molar-refractivity contribution in [3.8, 4) is 0 Å². The summed E-state index contributed by atoms with van der Waals surface area (Å²) in [6, 6.07) is 2.17. The molecule has 1 fully saturated rings. The predicted octanol–water partition coefficient (Wildman–Crippen LogP) is 4.86. The highest BCUT2D eigenvalue weighted by atomic mass is 79.9. The molecule has 0 aromatic carbocycles. The van der Waals surface area contributed by atoms with E-state index in [1.807, 2.05) is 11.3 Å². The molecule has 0 bridgehead atoms. The van der Waals surface area contributed by atoms with Gasteiger partial charge in [0.05, 0.1) is 0 Å². The first-order valence-corrected chi connectivity index (χ1v) is 8.44. The molecule has 1 aromatic rings. The maximum atomic E-state index is 3.71. The molecule has 102 valence electrons. The van der Waals surface area contributed by atoms with Crippen molar-refractivity contribution in [1.29, 1.82) is 0 Å². The molecule has 1 unspecified atom stereocenters. The molecule has 1 aliphatic carbocycles. The van der Waals surface area contributed by atoms with E-state index in [0.29, 0.717) is 5.41 Å². The zero-order chi connectivity index (χ0) is 13.4. The Kier molecular flexibility index (Phi) is 4.25. The molecule has 1 saturated carbocycles. The van der Waals surface area contributed by atoms with Crippen molar-refractivity contribution in [2.45, 2.75) is 52.5 Å². The first kappa shape index (κ1) is 14.5. The van der Waals surface area contributed by atoms with Gasteiger partial charge in [-0.15, -0.1) is 11.3 Å². The topological polar surface area (TPSA) is 12.0 Å². The van der Waals surface area contributed by atoms with Crippen molar-refractivity contribution in [2.75, 3.05) is 6.54 Å². The second-order valence-corrected chi connectivity index (χ2v) is 8.76. The average molecular weight is 330 g/mol. The van der Waals surface area contributed by atoms with Gasteiger partial charge in [-0.05, 0) is 78.7 Å². The smallest absolute Gasteiger partial charge is 0.0314 e. The molecule has 0 saturated heterocycles. The third-order valence-electron chi connectivity index (χ3n) is 3.84. The number of hydrogen-bond donors (Lipinski definition) is 1. The molecule has 1 aliphatic rings. The van der Waals surface area contributed by atoms with Crippen LogP contribution in [0.4, 0.5) is 0 Å². The Bertz CT molecular complexity index is 403. The van der Waals surface area contributed by atoms with Crippen LogP contribution in [0.5, 0.6) is 0 Å². The van der Waals surface area contributed by atoms with Crippen LogP contribution in [0, 0.1) is 11.3 Å². The van der Waals surface area contributed by atoms with E-state index in [9.17, 15) is 0 Å². The molecular formula is C15H24BrNS. The minimum atomic E-state index is 0.211. The van der Waals surface area contributed by atoms with E-state index in [1.54, 1.807) is 0 Å². The van der Waals surface area contributed by atoms with E-state index in [0.717, 1.165) is 12.5 Å². The third-order valence-corrected chi connectivity index (χ3v) is 5.77. The Morgan fingerprint density at radius 3 is 2.44 bits per heavy atom. The Balaban J connectivity index is 2.05. The highest BCUT2D eigenvalue weighted by molar-refractivity contribution is 9.10. The largest absolute Gasteiger partial charge is 0.312 e. The van der Waals surface area contributed by atoms with Gasteiger partial charge >= 0.3 is 0 Å². The molecule has 1 heterocycles. The van der Waals surface area contributed by atoms with Crippen molar-refractivity contribution in [3.05, 3.63) is 20.8 Å². The molecule has 0 amide bonds. The van der Waals surface area contributed by atoms with Crippen molar-refractivity contribution < 1.29 is 0 Å². The second-order valence-electron chi connectivity index (χ2n) is 6.90. The van der Waals surface area contributed by atoms with Gasteiger partial charge in [-0.25, -0.2) is 0 Å². The van der Waals surface area contributed by atoms with Gasteiger partial charge in [0.1, 0.15) is 0 Å². The summed E-state index contributed by atoms with van der Waals surface area (Å²) in [4.78, 5) is 1.50. The Hall–Kier alpha value is 0.140. The van der Waals surface area contributed by atoms with Crippen molar-refractivity contribution >= 4 is 27.3 Å². The maximum absolute atomic E-state index is 3.71. The lowest BCUT2D eigenvalue weighted by Gasteiger charge is -2.34. The number of thiophene rings is 1. The summed E-state index contributed by atoms with van der Waals surface area (Å²) in [5, 5.41) is 5.89. The minimum absolute atomic E-state index is 0.211. The van der Waals surface area contributed by atoms with Crippen LogP contribution in [0.2, 0.25) is 0 Å². The van der Waals surface area contributed by atoms with Crippen LogP contribution in [0.3, 0.4) is 0 Å². The van der Waals surface area contributed by atoms with Crippen molar-refractivity contribution in [2.24, 2.45) is 11.3 Å². The van der Waals surface area contributed by atoms with Gasteiger partial charge in [0.15, 0.2) is 0 Å². The van der Waals surface area contributed by atoms with Crippen LogP contribution in [-0.4, -0.2) is 12.1 Å². The van der Waals surface area contributed by atoms with Gasteiger partial charge in [-0.3, -0.25) is 0 Å². The van der Waals surface area contributed by atoms with Gasteiger partial charge in [0.2, 0.25) is 0 Å². The molecule has 0 radical (unpaired) electrons. The molecule has 1 atom stereocenters. The number of nitrogens with one attached hydrogen (secondary N) is 1. The lowest BCUT2D eigenvalue weighted by atomic mass is 9.80. The van der Waals surface area contributed by atoms with E-state index in [-0.39, 0.29) is 5.54 Å². The maximum Gasteiger partial charge on any atom is 0.0314 e. The van der Waals surface area contributed by atoms with Gasteiger partial charge in [-0.1, -0.05) is 6.92 Å². The Morgan fingerprint density at radius 2 is 2.00 bits per heavy atom. The normalized spacial score (nSPS) is 19.8. The zero-order valence-electron chi connectivity index (χ0n) is 11.8. The van der Waals surface area contributed by atoms with Crippen LogP contribution < -0.4 is 5.32 Å². The van der Waals surface area contributed by atoms with Crippen LogP contribution in [-0.2, 0) is 6.42 Å². The molecule has 0 spiro atoms. The first-order valence-electron chi connectivity index (χ1n) is 6.77. The molecule has 1 N–H and O–H groups in total. The third kappa shape index (κ3) is 3.82. The Morgan fingerprint density at radius 1 is 1.33 bits per heavy atom. The van der Waals surface area contributed by atoms with E-state index in [4.69, 9.17) is 0 Å². The zero-order valence-corrected chi connectivity index (χ0v) is 14.2. The van der Waals surface area contributed by atoms with E-state index in [2.05, 4.69) is 60.4 Å². The van der Waals surface area contributed by atoms with E-state index in [1.165, 1.54) is 28.6 Å². The van der Waals surface area contributed by atoms with E-state index >= 15 is 0 Å². The van der Waals surface area contributed by atoms with Crippen molar-refractivity contribution in [3.63, 3.8) is 0 Å². The predicted molar refractivity (Wildman–Crippen MR) is 84.3 cm³/mol. The van der Waals surface area contributed by atoms with Crippen LogP contribution >= 0.6 is 27.3 Å². The summed E-state index contributed by atoms with van der Waals surface area (Å²) in [6.45, 7) is 10.3. The summed E-state index contributed by atoms with van der Waals surface area (Å²) in [6.07, 6.45) is 4.01. The molecular weight excluding hydrogens is 306 g/mol. The van der Waals surface area contributed by atoms with Crippen LogP contribution in [0.15, 0.2) is 15.9 Å². The lowest BCUT2D eigenvalue weighted by molar-refractivity contribution is 0.229. The lowest BCUT2D eigenvalue weighted by Crippen LogP contribution is -2.44. The molecule has 1 nitrogen and oxygen atoms in total. The van der Waals surface area contributed by atoms with Gasteiger partial charge in [-0.2, -0.15) is 0 Å². The number of hydrogen-bond acceptors (Lipinski definition) is 2. The van der Waals surface area contributed by atoms with Gasteiger partial charge < -0.3 is 5.32 Å². The first-order chi connectivity index (χ1) is 8.30. The second kappa shape index (κ2) is 5.26. The molecule has 18 heavy (non-hydrogen) atoms. The molecule has 1 aromatic heterocycles.